The first-order valence-corrected chi connectivity index (χ1v) is 24.4. The van der Waals surface area contributed by atoms with Crippen molar-refractivity contribution in [2.75, 3.05) is 0 Å². The van der Waals surface area contributed by atoms with Crippen molar-refractivity contribution in [3.8, 4) is 85.1 Å². The summed E-state index contributed by atoms with van der Waals surface area (Å²) in [5, 5.41) is 3.30. The number of fused-ring (bicyclic) bond motifs is 6. The molecule has 0 bridgehead atoms. The number of aromatic nitrogens is 8. The lowest BCUT2D eigenvalue weighted by molar-refractivity contribution is 1.07. The highest BCUT2D eigenvalue weighted by molar-refractivity contribution is 6.19. The van der Waals surface area contributed by atoms with Crippen molar-refractivity contribution in [2.45, 2.75) is 0 Å². The van der Waals surface area contributed by atoms with Crippen LogP contribution in [0.25, 0.3) is 129 Å². The highest BCUT2D eigenvalue weighted by Crippen LogP contribution is 2.43. The summed E-state index contributed by atoms with van der Waals surface area (Å²) in [6.45, 7) is 0. The van der Waals surface area contributed by atoms with Gasteiger partial charge in [-0.15, -0.1) is 0 Å². The Hall–Kier alpha value is -10.1. The molecule has 0 amide bonds. The number of rotatable bonds is 9. The molecule has 0 atom stereocenters. The van der Waals surface area contributed by atoms with E-state index in [0.29, 0.717) is 17.5 Å². The van der Waals surface area contributed by atoms with Crippen molar-refractivity contribution in [1.29, 1.82) is 0 Å². The van der Waals surface area contributed by atoms with Crippen molar-refractivity contribution in [3.05, 3.63) is 255 Å². The first-order chi connectivity index (χ1) is 36.2. The third kappa shape index (κ3) is 7.27. The molecule has 14 aromatic rings. The number of nitrogens with zero attached hydrogens (tertiary/aromatic N) is 8. The summed E-state index contributed by atoms with van der Waals surface area (Å²) in [4.78, 5) is 26.4. The van der Waals surface area contributed by atoms with Crippen molar-refractivity contribution in [2.24, 2.45) is 0 Å². The minimum Gasteiger partial charge on any atom is -0.294 e. The van der Waals surface area contributed by atoms with Crippen LogP contribution >= 0.6 is 0 Å². The van der Waals surface area contributed by atoms with Gasteiger partial charge in [0.25, 0.3) is 0 Å². The maximum atomic E-state index is 5.66. The molecular weight excluding hydrogens is 893 g/mol. The standard InChI is InChI=1S/C65H42N8/c1-7-22-43(23-8-1)49-39-55(44-24-9-2-10-25-44)66-59(40-49)73-56-37-20-19-36-52(56)53-41-54-58(42-57(53)73)71(65-60(54)72(50-33-17-6-18-34-50)64(70-65)47-30-15-5-16-31-47)51-35-21-32-48(38-51)63-68-61(45-26-11-3-12-27-45)67-62(69-63)46-28-13-4-14-29-46/h1-42H. The zero-order valence-electron chi connectivity index (χ0n) is 39.3. The van der Waals surface area contributed by atoms with Gasteiger partial charge in [0.15, 0.2) is 23.1 Å². The van der Waals surface area contributed by atoms with Crippen LogP contribution in [0.5, 0.6) is 0 Å². The summed E-state index contributed by atoms with van der Waals surface area (Å²) in [6, 6.07) is 88.5. The zero-order chi connectivity index (χ0) is 48.2. The second-order valence-electron chi connectivity index (χ2n) is 18.1. The molecule has 73 heavy (non-hydrogen) atoms. The van der Waals surface area contributed by atoms with E-state index in [4.69, 9.17) is 24.9 Å². The van der Waals surface area contributed by atoms with Crippen molar-refractivity contribution in [1.82, 2.24) is 38.6 Å². The highest BCUT2D eigenvalue weighted by atomic mass is 15.2. The van der Waals surface area contributed by atoms with Gasteiger partial charge < -0.3 is 0 Å². The second kappa shape index (κ2) is 17.4. The Morgan fingerprint density at radius 3 is 1.41 bits per heavy atom. The van der Waals surface area contributed by atoms with Gasteiger partial charge in [-0.25, -0.2) is 24.9 Å². The highest BCUT2D eigenvalue weighted by Gasteiger charge is 2.26. The fraction of sp³-hybridized carbons (Fsp3) is 0. The number of benzene rings is 9. The van der Waals surface area contributed by atoms with Gasteiger partial charge in [-0.1, -0.05) is 200 Å². The molecule has 5 heterocycles. The van der Waals surface area contributed by atoms with Crippen molar-refractivity contribution in [3.63, 3.8) is 0 Å². The van der Waals surface area contributed by atoms with Crippen LogP contribution < -0.4 is 0 Å². The molecule has 342 valence electrons. The van der Waals surface area contributed by atoms with Crippen LogP contribution in [0, 0.1) is 0 Å². The number of hydrogen-bond acceptors (Lipinski definition) is 5. The first kappa shape index (κ1) is 41.9. The predicted molar refractivity (Wildman–Crippen MR) is 296 cm³/mol. The van der Waals surface area contributed by atoms with Crippen molar-refractivity contribution < 1.29 is 0 Å². The Bertz CT molecular complexity index is 4220. The van der Waals surface area contributed by atoms with Gasteiger partial charge in [0.1, 0.15) is 17.2 Å². The lowest BCUT2D eigenvalue weighted by Gasteiger charge is -2.14. The molecule has 0 saturated heterocycles. The lowest BCUT2D eigenvalue weighted by Crippen LogP contribution is -2.02. The van der Waals surface area contributed by atoms with Crippen LogP contribution in [0.4, 0.5) is 0 Å². The first-order valence-electron chi connectivity index (χ1n) is 24.4. The quantitative estimate of drug-likeness (QED) is 0.144. The molecular formula is C65H42N8. The Labute approximate surface area is 420 Å². The largest absolute Gasteiger partial charge is 0.294 e. The summed E-state index contributed by atoms with van der Waals surface area (Å²) in [6.07, 6.45) is 0. The SMILES string of the molecule is c1ccc(-c2cc(-c3ccccc3)nc(-n3c4ccccc4c4cc5c6c(nc(-c7ccccc7)n6-c6ccccc6)n(-c6cccc(-c7nc(-c8ccccc8)nc(-c8ccccc8)n7)c6)c5cc43)c2)cc1. The lowest BCUT2D eigenvalue weighted by atomic mass is 10.0. The number of hydrogen-bond donors (Lipinski definition) is 0. The molecule has 0 spiro atoms. The number of pyridine rings is 1. The summed E-state index contributed by atoms with van der Waals surface area (Å²) in [5.74, 6) is 3.45. The van der Waals surface area contributed by atoms with Gasteiger partial charge in [-0.2, -0.15) is 0 Å². The van der Waals surface area contributed by atoms with Gasteiger partial charge in [0.2, 0.25) is 0 Å². The average molecular weight is 935 g/mol. The molecule has 0 fully saturated rings. The molecule has 8 nitrogen and oxygen atoms in total. The molecule has 0 radical (unpaired) electrons. The number of para-hydroxylation sites is 2. The van der Waals surface area contributed by atoms with Crippen molar-refractivity contribution >= 4 is 43.9 Å². The van der Waals surface area contributed by atoms with Gasteiger partial charge >= 0.3 is 0 Å². The molecule has 0 N–H and O–H groups in total. The molecule has 0 aliphatic carbocycles. The minimum atomic E-state index is 0.572. The topological polar surface area (TPSA) is 79.2 Å². The van der Waals surface area contributed by atoms with Crippen LogP contribution in [0.2, 0.25) is 0 Å². The van der Waals surface area contributed by atoms with E-state index in [-0.39, 0.29) is 0 Å². The maximum absolute atomic E-state index is 5.66. The summed E-state index contributed by atoms with van der Waals surface area (Å²) >= 11 is 0. The van der Waals surface area contributed by atoms with E-state index in [2.05, 4.69) is 196 Å². The van der Waals surface area contributed by atoms with Gasteiger partial charge in [0.05, 0.1) is 22.2 Å². The van der Waals surface area contributed by atoms with Crippen LogP contribution in [0.3, 0.4) is 0 Å². The summed E-state index contributed by atoms with van der Waals surface area (Å²) in [7, 11) is 0. The predicted octanol–water partition coefficient (Wildman–Crippen LogP) is 15.6. The van der Waals surface area contributed by atoms with Gasteiger partial charge in [-0.05, 0) is 65.7 Å². The van der Waals surface area contributed by atoms with E-state index in [1.807, 2.05) is 72.8 Å². The Morgan fingerprint density at radius 1 is 0.260 bits per heavy atom. The zero-order valence-corrected chi connectivity index (χ0v) is 39.3. The van der Waals surface area contributed by atoms with Crippen LogP contribution in [-0.4, -0.2) is 38.6 Å². The van der Waals surface area contributed by atoms with Gasteiger partial charge in [0, 0.05) is 55.4 Å². The Morgan fingerprint density at radius 2 is 0.767 bits per heavy atom. The van der Waals surface area contributed by atoms with E-state index in [1.54, 1.807) is 0 Å². The molecule has 0 aliphatic rings. The minimum absolute atomic E-state index is 0.572. The summed E-state index contributed by atoms with van der Waals surface area (Å²) < 4.78 is 6.96. The molecule has 14 rings (SSSR count). The maximum Gasteiger partial charge on any atom is 0.165 e. The van der Waals surface area contributed by atoms with E-state index >= 15 is 0 Å². The molecule has 8 heteroatoms. The molecule has 9 aromatic carbocycles. The fourth-order valence-electron chi connectivity index (χ4n) is 10.3. The van der Waals surface area contributed by atoms with E-state index in [9.17, 15) is 0 Å². The smallest absolute Gasteiger partial charge is 0.165 e. The third-order valence-corrected chi connectivity index (χ3v) is 13.7. The van der Waals surface area contributed by atoms with E-state index < -0.39 is 0 Å². The average Bonchev–Trinajstić information content (AvgIpc) is 4.14. The molecule has 0 unspecified atom stereocenters. The Kier molecular flexibility index (Phi) is 9.99. The van der Waals surface area contributed by atoms with Crippen LogP contribution in [0.1, 0.15) is 0 Å². The second-order valence-corrected chi connectivity index (χ2v) is 18.1. The normalized spacial score (nSPS) is 11.6. The summed E-state index contributed by atoms with van der Waals surface area (Å²) in [5.41, 5.74) is 14.7. The third-order valence-electron chi connectivity index (χ3n) is 13.7. The Balaban J connectivity index is 1.07. The molecule has 0 aliphatic heterocycles. The van der Waals surface area contributed by atoms with E-state index in [0.717, 1.165) is 112 Å². The fourth-order valence-corrected chi connectivity index (χ4v) is 10.3. The molecule has 5 aromatic heterocycles. The van der Waals surface area contributed by atoms with Crippen LogP contribution in [0.15, 0.2) is 255 Å². The van der Waals surface area contributed by atoms with Gasteiger partial charge in [-0.3, -0.25) is 13.7 Å². The molecule has 0 saturated carbocycles. The number of imidazole rings is 1. The monoisotopic (exact) mass is 934 g/mol. The van der Waals surface area contributed by atoms with Crippen LogP contribution in [-0.2, 0) is 0 Å². The van der Waals surface area contributed by atoms with E-state index in [1.165, 1.54) is 0 Å².